The van der Waals surface area contributed by atoms with Gasteiger partial charge in [0.2, 0.25) is 5.88 Å². The number of rotatable bonds is 2. The first-order valence-electron chi connectivity index (χ1n) is 11.6. The average molecular weight is 479 g/mol. The number of nitrogens with one attached hydrogen (secondary N) is 1. The Hall–Kier alpha value is -3.50. The van der Waals surface area contributed by atoms with Crippen molar-refractivity contribution in [3.05, 3.63) is 40.5 Å². The van der Waals surface area contributed by atoms with E-state index < -0.39 is 0 Å². The summed E-state index contributed by atoms with van der Waals surface area (Å²) in [6, 6.07) is 2.03. The van der Waals surface area contributed by atoms with Crippen molar-refractivity contribution in [1.82, 2.24) is 29.9 Å². The molecule has 186 valence electrons. The van der Waals surface area contributed by atoms with Crippen LogP contribution in [0.4, 0.5) is 0 Å². The van der Waals surface area contributed by atoms with Gasteiger partial charge in [-0.3, -0.25) is 20.0 Å². The molecule has 0 fully saturated rings. The van der Waals surface area contributed by atoms with Gasteiger partial charge >= 0.3 is 0 Å². The first-order chi connectivity index (χ1) is 16.7. The van der Waals surface area contributed by atoms with Crippen molar-refractivity contribution in [3.8, 4) is 17.1 Å². The van der Waals surface area contributed by atoms with E-state index >= 15 is 0 Å². The van der Waals surface area contributed by atoms with Crippen LogP contribution in [0, 0.1) is 6.92 Å². The summed E-state index contributed by atoms with van der Waals surface area (Å²) in [5.74, 6) is 0.655. The molecule has 4 heterocycles. The topological polar surface area (TPSA) is 119 Å². The zero-order valence-electron chi connectivity index (χ0n) is 21.5. The van der Waals surface area contributed by atoms with E-state index in [1.807, 2.05) is 53.1 Å². The molecule has 10 nitrogen and oxygen atoms in total. The van der Waals surface area contributed by atoms with Gasteiger partial charge in [-0.05, 0) is 46.0 Å². The van der Waals surface area contributed by atoms with Crippen molar-refractivity contribution in [1.29, 1.82) is 0 Å². The highest BCUT2D eigenvalue weighted by Gasteiger charge is 2.25. The third kappa shape index (κ3) is 4.85. The van der Waals surface area contributed by atoms with Crippen molar-refractivity contribution in [3.63, 3.8) is 0 Å². The molecule has 35 heavy (non-hydrogen) atoms. The highest BCUT2D eigenvalue weighted by molar-refractivity contribution is 6.05. The Balaban J connectivity index is 1.98. The van der Waals surface area contributed by atoms with E-state index in [1.54, 1.807) is 18.8 Å². The minimum absolute atomic E-state index is 0.121. The molecular weight excluding hydrogens is 444 g/mol. The third-order valence-electron chi connectivity index (χ3n) is 6.07. The molecule has 1 aliphatic heterocycles. The molecule has 1 atom stereocenters. The second-order valence-electron chi connectivity index (χ2n) is 9.04. The number of aromatic amines is 1. The van der Waals surface area contributed by atoms with Crippen LogP contribution in [0.2, 0.25) is 0 Å². The number of hydrogen-bond donors (Lipinski definition) is 2. The van der Waals surface area contributed by atoms with Crippen LogP contribution in [-0.2, 0) is 18.4 Å². The van der Waals surface area contributed by atoms with Crippen molar-refractivity contribution in [2.75, 3.05) is 34.3 Å². The molecule has 4 rings (SSSR count). The Morgan fingerprint density at radius 1 is 1.34 bits per heavy atom. The fourth-order valence-electron chi connectivity index (χ4n) is 4.52. The monoisotopic (exact) mass is 478 g/mol. The molecule has 2 bridgehead atoms. The highest BCUT2D eigenvalue weighted by Crippen LogP contribution is 2.36. The van der Waals surface area contributed by atoms with Gasteiger partial charge in [0, 0.05) is 51.0 Å². The Morgan fingerprint density at radius 3 is 2.80 bits per heavy atom. The molecule has 0 amide bonds. The number of allylic oxidation sites excluding steroid dienone is 2. The molecule has 1 aliphatic rings. The van der Waals surface area contributed by atoms with Crippen LogP contribution >= 0.6 is 0 Å². The second-order valence-corrected chi connectivity index (χ2v) is 9.04. The predicted molar refractivity (Wildman–Crippen MR) is 138 cm³/mol. The van der Waals surface area contributed by atoms with Crippen LogP contribution in [-0.4, -0.2) is 76.0 Å². The smallest absolute Gasteiger partial charge is 0.221 e. The van der Waals surface area contributed by atoms with Gasteiger partial charge in [0.25, 0.3) is 0 Å². The lowest BCUT2D eigenvalue weighted by molar-refractivity contribution is 0.160. The Bertz CT molecular complexity index is 1330. The average Bonchev–Trinajstić information content (AvgIpc) is 3.33. The van der Waals surface area contributed by atoms with Crippen LogP contribution < -0.4 is 10.5 Å². The number of likely N-dealkylation sites (N-methyl/N-ethyl adjacent to an activating group) is 1. The third-order valence-corrected chi connectivity index (χ3v) is 6.07. The molecule has 0 aliphatic carbocycles. The number of nitrogens with zero attached hydrogens (tertiary/aromatic N) is 6. The van der Waals surface area contributed by atoms with Gasteiger partial charge in [0.1, 0.15) is 17.3 Å². The maximum absolute atomic E-state index is 6.48. The molecule has 3 aromatic heterocycles. The summed E-state index contributed by atoms with van der Waals surface area (Å²) >= 11 is 0. The van der Waals surface area contributed by atoms with Crippen LogP contribution in [0.25, 0.3) is 28.2 Å². The molecule has 0 radical (unpaired) electrons. The SMILES string of the molecule is CN=C1CN(C)C[C@H](C)Oc2c(c(COC)nn2C)-c2cc3c([nH]nc3c(C)n2)/C=C/C1=C(\C)N. The van der Waals surface area contributed by atoms with Crippen LogP contribution in [0.5, 0.6) is 5.88 Å². The molecular formula is C25H34N8O2. The van der Waals surface area contributed by atoms with Gasteiger partial charge in [-0.1, -0.05) is 0 Å². The number of fused-ring (bicyclic) bond motifs is 3. The maximum Gasteiger partial charge on any atom is 0.221 e. The number of aryl methyl sites for hydroxylation is 2. The van der Waals surface area contributed by atoms with Gasteiger partial charge in [0.15, 0.2) is 0 Å². The van der Waals surface area contributed by atoms with Gasteiger partial charge in [-0.25, -0.2) is 4.68 Å². The molecule has 3 aromatic rings. The van der Waals surface area contributed by atoms with Gasteiger partial charge in [-0.2, -0.15) is 10.2 Å². The molecule has 0 saturated carbocycles. The minimum atomic E-state index is -0.121. The summed E-state index contributed by atoms with van der Waals surface area (Å²) in [5.41, 5.74) is 13.6. The second kappa shape index (κ2) is 10.0. The number of aliphatic imine (C=N–C) groups is 1. The van der Waals surface area contributed by atoms with Crippen molar-refractivity contribution in [2.45, 2.75) is 33.5 Å². The molecule has 0 aromatic carbocycles. The summed E-state index contributed by atoms with van der Waals surface area (Å²) in [7, 11) is 7.37. The fourth-order valence-corrected chi connectivity index (χ4v) is 4.52. The quantitative estimate of drug-likeness (QED) is 0.581. The minimum Gasteiger partial charge on any atom is -0.473 e. The van der Waals surface area contributed by atoms with E-state index in [9.17, 15) is 0 Å². The predicted octanol–water partition coefficient (Wildman–Crippen LogP) is 2.84. The Kier molecular flexibility index (Phi) is 7.04. The summed E-state index contributed by atoms with van der Waals surface area (Å²) in [6.45, 7) is 7.54. The molecule has 0 unspecified atom stereocenters. The maximum atomic E-state index is 6.48. The number of nitrogens with two attached hydrogens (primary N) is 1. The number of ether oxygens (including phenoxy) is 2. The molecule has 3 N–H and O–H groups in total. The summed E-state index contributed by atoms with van der Waals surface area (Å²) in [6.07, 6.45) is 3.87. The standard InChI is InChI=1S/C25H34N8O2/c1-14-11-32(5)12-21(27-4)17(15(2)26)8-9-19-18-10-20(28-16(3)24(18)30-29-19)23-22(13-34-7)31-33(6)25(23)35-14/h8-10,14H,11-13,26H2,1-7H3,(H,29,30)/b9-8+,17-15-,27-21?/t14-/m0/s1. The van der Waals surface area contributed by atoms with Crippen LogP contribution in [0.15, 0.2) is 28.4 Å². The van der Waals surface area contributed by atoms with E-state index in [4.69, 9.17) is 20.2 Å². The number of methoxy groups -OCH3 is 1. The molecule has 0 saturated heterocycles. The van der Waals surface area contributed by atoms with Crippen molar-refractivity contribution < 1.29 is 9.47 Å². The fraction of sp³-hybridized carbons (Fsp3) is 0.440. The van der Waals surface area contributed by atoms with E-state index in [0.717, 1.165) is 50.5 Å². The van der Waals surface area contributed by atoms with E-state index in [1.165, 1.54) is 0 Å². The Morgan fingerprint density at radius 2 is 2.11 bits per heavy atom. The zero-order chi connectivity index (χ0) is 25.3. The van der Waals surface area contributed by atoms with E-state index in [0.29, 0.717) is 31.3 Å². The molecule has 0 spiro atoms. The van der Waals surface area contributed by atoms with E-state index in [2.05, 4.69) is 25.2 Å². The number of aromatic nitrogens is 5. The van der Waals surface area contributed by atoms with Crippen LogP contribution in [0.1, 0.15) is 30.9 Å². The lowest BCUT2D eigenvalue weighted by atomic mass is 10.0. The molecule has 10 heteroatoms. The lowest BCUT2D eigenvalue weighted by Gasteiger charge is -2.24. The van der Waals surface area contributed by atoms with Crippen LogP contribution in [0.3, 0.4) is 0 Å². The number of H-pyrrole nitrogens is 1. The van der Waals surface area contributed by atoms with Crippen molar-refractivity contribution in [2.24, 2.45) is 17.8 Å². The van der Waals surface area contributed by atoms with Gasteiger partial charge in [-0.15, -0.1) is 0 Å². The number of pyridine rings is 1. The van der Waals surface area contributed by atoms with E-state index in [-0.39, 0.29) is 6.10 Å². The normalized spacial score (nSPS) is 21.0. The summed E-state index contributed by atoms with van der Waals surface area (Å²) < 4.78 is 13.7. The highest BCUT2D eigenvalue weighted by atomic mass is 16.5. The zero-order valence-corrected chi connectivity index (χ0v) is 21.5. The van der Waals surface area contributed by atoms with Gasteiger partial charge < -0.3 is 15.2 Å². The Labute approximate surface area is 205 Å². The summed E-state index contributed by atoms with van der Waals surface area (Å²) in [4.78, 5) is 11.6. The lowest BCUT2D eigenvalue weighted by Crippen LogP contribution is -2.35. The number of hydrogen-bond acceptors (Lipinski definition) is 8. The largest absolute Gasteiger partial charge is 0.473 e. The first-order valence-corrected chi connectivity index (χ1v) is 11.6. The summed E-state index contributed by atoms with van der Waals surface area (Å²) in [5, 5.41) is 13.3. The van der Waals surface area contributed by atoms with Gasteiger partial charge in [0.05, 0.1) is 35.0 Å². The van der Waals surface area contributed by atoms with Crippen molar-refractivity contribution >= 4 is 22.7 Å². The first kappa shape index (κ1) is 24.6.